The number of benzene rings is 3. The Bertz CT molecular complexity index is 1040. The second-order valence-electron chi connectivity index (χ2n) is 8.23. The van der Waals surface area contributed by atoms with Crippen LogP contribution in [0.4, 0.5) is 10.5 Å². The predicted molar refractivity (Wildman–Crippen MR) is 127 cm³/mol. The van der Waals surface area contributed by atoms with Crippen molar-refractivity contribution in [3.63, 3.8) is 0 Å². The van der Waals surface area contributed by atoms with Crippen molar-refractivity contribution >= 4 is 17.6 Å². The van der Waals surface area contributed by atoms with Gasteiger partial charge in [0.25, 0.3) is 0 Å². The quantitative estimate of drug-likeness (QED) is 0.531. The Kier molecular flexibility index (Phi) is 6.85. The molecule has 32 heavy (non-hydrogen) atoms. The number of urea groups is 1. The molecule has 164 valence electrons. The summed E-state index contributed by atoms with van der Waals surface area (Å²) in [6, 6.07) is 28.0. The highest BCUT2D eigenvalue weighted by Crippen LogP contribution is 2.21. The molecule has 1 heterocycles. The molecule has 1 fully saturated rings. The van der Waals surface area contributed by atoms with Crippen molar-refractivity contribution in [2.45, 2.75) is 19.9 Å². The van der Waals surface area contributed by atoms with Gasteiger partial charge in [0.1, 0.15) is 6.54 Å². The summed E-state index contributed by atoms with van der Waals surface area (Å²) in [4.78, 5) is 31.5. The minimum absolute atomic E-state index is 0.0242. The van der Waals surface area contributed by atoms with Gasteiger partial charge in [-0.1, -0.05) is 78.4 Å². The molecule has 0 saturated carbocycles. The van der Waals surface area contributed by atoms with E-state index >= 15 is 0 Å². The average molecular weight is 428 g/mol. The van der Waals surface area contributed by atoms with Crippen LogP contribution >= 0.6 is 0 Å². The molecule has 4 rings (SSSR count). The fraction of sp³-hybridized carbons (Fsp3) is 0.259. The van der Waals surface area contributed by atoms with Crippen molar-refractivity contribution in [2.24, 2.45) is 0 Å². The summed E-state index contributed by atoms with van der Waals surface area (Å²) in [7, 11) is 0. The lowest BCUT2D eigenvalue weighted by Gasteiger charge is -2.26. The largest absolute Gasteiger partial charge is 0.337 e. The van der Waals surface area contributed by atoms with Gasteiger partial charge in [-0.15, -0.1) is 0 Å². The number of nitrogens with zero attached hydrogens (tertiary/aromatic N) is 3. The normalized spacial score (nSPS) is 13.5. The molecule has 1 aliphatic heterocycles. The maximum Gasteiger partial charge on any atom is 0.325 e. The molecule has 0 aromatic heterocycles. The molecular formula is C27H29N3O2. The van der Waals surface area contributed by atoms with Crippen LogP contribution in [0.5, 0.6) is 0 Å². The van der Waals surface area contributed by atoms with Gasteiger partial charge in [-0.3, -0.25) is 9.69 Å². The molecule has 5 nitrogen and oxygen atoms in total. The molecular weight excluding hydrogens is 398 g/mol. The second-order valence-corrected chi connectivity index (χ2v) is 8.23. The SMILES string of the molecule is Cc1ccc(N2CCN(CC(=O)N(CCc3ccccc3)Cc3ccccc3)C2=O)cc1. The van der Waals surface area contributed by atoms with Gasteiger partial charge in [0, 0.05) is 31.9 Å². The Labute approximate surface area is 189 Å². The van der Waals surface area contributed by atoms with Crippen LogP contribution in [0.1, 0.15) is 16.7 Å². The average Bonchev–Trinajstić information content (AvgIpc) is 3.18. The maximum absolute atomic E-state index is 13.3. The van der Waals surface area contributed by atoms with E-state index in [1.54, 1.807) is 9.80 Å². The van der Waals surface area contributed by atoms with Gasteiger partial charge in [0.15, 0.2) is 0 Å². The molecule has 0 aliphatic carbocycles. The lowest BCUT2D eigenvalue weighted by Crippen LogP contribution is -2.42. The van der Waals surface area contributed by atoms with Crippen LogP contribution in [-0.2, 0) is 17.8 Å². The summed E-state index contributed by atoms with van der Waals surface area (Å²) < 4.78 is 0. The van der Waals surface area contributed by atoms with Crippen LogP contribution in [0.3, 0.4) is 0 Å². The third-order valence-corrected chi connectivity index (χ3v) is 5.85. The van der Waals surface area contributed by atoms with E-state index in [0.717, 1.165) is 23.2 Å². The minimum Gasteiger partial charge on any atom is -0.337 e. The molecule has 1 aliphatic rings. The molecule has 0 atom stereocenters. The van der Waals surface area contributed by atoms with Gasteiger partial charge in [-0.25, -0.2) is 4.79 Å². The third kappa shape index (κ3) is 5.35. The Morgan fingerprint density at radius 3 is 2.12 bits per heavy atom. The number of carbonyl (C=O) groups excluding carboxylic acids is 2. The Morgan fingerprint density at radius 2 is 1.47 bits per heavy atom. The number of hydrogen-bond acceptors (Lipinski definition) is 2. The predicted octanol–water partition coefficient (Wildman–Crippen LogP) is 4.51. The zero-order valence-corrected chi connectivity index (χ0v) is 18.5. The van der Waals surface area contributed by atoms with Crippen LogP contribution in [-0.4, -0.2) is 47.9 Å². The lowest BCUT2D eigenvalue weighted by atomic mass is 10.1. The fourth-order valence-electron chi connectivity index (χ4n) is 3.96. The number of amides is 3. The van der Waals surface area contributed by atoms with E-state index in [2.05, 4.69) is 12.1 Å². The summed E-state index contributed by atoms with van der Waals surface area (Å²) in [5, 5.41) is 0. The molecule has 0 radical (unpaired) electrons. The summed E-state index contributed by atoms with van der Waals surface area (Å²) >= 11 is 0. The standard InChI is InChI=1S/C27H29N3O2/c1-22-12-14-25(15-13-22)30-19-18-29(27(30)32)21-26(31)28(20-24-10-6-3-7-11-24)17-16-23-8-4-2-5-9-23/h2-15H,16-21H2,1H3. The first kappa shape index (κ1) is 21.6. The Morgan fingerprint density at radius 1 is 0.844 bits per heavy atom. The van der Waals surface area contributed by atoms with E-state index in [4.69, 9.17) is 0 Å². The summed E-state index contributed by atoms with van der Waals surface area (Å²) in [6.45, 7) is 4.42. The second kappa shape index (κ2) is 10.1. The van der Waals surface area contributed by atoms with Gasteiger partial charge >= 0.3 is 6.03 Å². The monoisotopic (exact) mass is 427 g/mol. The van der Waals surface area contributed by atoms with Crippen LogP contribution in [0.15, 0.2) is 84.9 Å². The van der Waals surface area contributed by atoms with Crippen LogP contribution in [0, 0.1) is 6.92 Å². The van der Waals surface area contributed by atoms with E-state index in [1.807, 2.05) is 84.6 Å². The Balaban J connectivity index is 1.43. The molecule has 0 N–H and O–H groups in total. The molecule has 3 aromatic carbocycles. The molecule has 1 saturated heterocycles. The zero-order valence-electron chi connectivity index (χ0n) is 18.5. The van der Waals surface area contributed by atoms with Crippen LogP contribution in [0.2, 0.25) is 0 Å². The van der Waals surface area contributed by atoms with E-state index in [-0.39, 0.29) is 18.5 Å². The van der Waals surface area contributed by atoms with Gasteiger partial charge in [0.2, 0.25) is 5.91 Å². The fourth-order valence-corrected chi connectivity index (χ4v) is 3.96. The van der Waals surface area contributed by atoms with Crippen molar-refractivity contribution in [1.82, 2.24) is 9.80 Å². The maximum atomic E-state index is 13.3. The topological polar surface area (TPSA) is 43.9 Å². The first-order valence-corrected chi connectivity index (χ1v) is 11.1. The van der Waals surface area contributed by atoms with Crippen molar-refractivity contribution in [1.29, 1.82) is 0 Å². The number of hydrogen-bond donors (Lipinski definition) is 0. The van der Waals surface area contributed by atoms with Gasteiger partial charge in [0.05, 0.1) is 0 Å². The van der Waals surface area contributed by atoms with Gasteiger partial charge in [-0.05, 0) is 36.6 Å². The molecule has 0 spiro atoms. The lowest BCUT2D eigenvalue weighted by molar-refractivity contribution is -0.132. The van der Waals surface area contributed by atoms with Gasteiger partial charge < -0.3 is 9.80 Å². The van der Waals surface area contributed by atoms with Crippen molar-refractivity contribution in [3.05, 3.63) is 102 Å². The van der Waals surface area contributed by atoms with E-state index < -0.39 is 0 Å². The first-order chi connectivity index (χ1) is 15.6. The Hall–Kier alpha value is -3.60. The van der Waals surface area contributed by atoms with E-state index in [1.165, 1.54) is 5.56 Å². The summed E-state index contributed by atoms with van der Waals surface area (Å²) in [5.41, 5.74) is 4.31. The highest BCUT2D eigenvalue weighted by Gasteiger charge is 2.31. The van der Waals surface area contributed by atoms with Crippen LogP contribution < -0.4 is 4.90 Å². The first-order valence-electron chi connectivity index (χ1n) is 11.1. The molecule has 0 unspecified atom stereocenters. The summed E-state index contributed by atoms with van der Waals surface area (Å²) in [5.74, 6) is -0.0242. The van der Waals surface area contributed by atoms with Crippen molar-refractivity contribution in [3.8, 4) is 0 Å². The number of carbonyl (C=O) groups is 2. The summed E-state index contributed by atoms with van der Waals surface area (Å²) in [6.07, 6.45) is 0.781. The number of rotatable bonds is 8. The molecule has 3 aromatic rings. The van der Waals surface area contributed by atoms with Crippen molar-refractivity contribution in [2.75, 3.05) is 31.1 Å². The highest BCUT2D eigenvalue weighted by atomic mass is 16.2. The highest BCUT2D eigenvalue weighted by molar-refractivity contribution is 5.96. The smallest absolute Gasteiger partial charge is 0.325 e. The van der Waals surface area contributed by atoms with Gasteiger partial charge in [-0.2, -0.15) is 0 Å². The van der Waals surface area contributed by atoms with E-state index in [9.17, 15) is 9.59 Å². The van der Waals surface area contributed by atoms with Crippen LogP contribution in [0.25, 0.3) is 0 Å². The minimum atomic E-state index is -0.107. The zero-order chi connectivity index (χ0) is 22.3. The molecule has 0 bridgehead atoms. The number of anilines is 1. The molecule has 3 amide bonds. The molecule has 5 heteroatoms. The van der Waals surface area contributed by atoms with Crippen molar-refractivity contribution < 1.29 is 9.59 Å². The third-order valence-electron chi connectivity index (χ3n) is 5.85. The van der Waals surface area contributed by atoms with E-state index in [0.29, 0.717) is 26.2 Å². The number of aryl methyl sites for hydroxylation is 1.